The molecule has 1 atom stereocenters. The molecule has 5 rings (SSSR count). The van der Waals surface area contributed by atoms with E-state index in [0.717, 1.165) is 11.6 Å². The standard InChI is InChI=1S/C27H26F4N6O3S/c1-41(2,39)8-7-37-16-17(13-34-37)9-23-32-14-20(15-33-23)18-3-4-19(21(28)10-18)11-25(38)35-24-12-22(40-36-24)26(5-6-26)27(29,30)31/h3-4,10,12-16H,1,5-9,11H2,2H3,(H,35,36,38). The first-order valence-corrected chi connectivity index (χ1v) is 14.9. The molecule has 1 aliphatic rings. The summed E-state index contributed by atoms with van der Waals surface area (Å²) in [6, 6.07) is 5.39. The molecule has 0 aliphatic heterocycles. The first-order chi connectivity index (χ1) is 19.3. The minimum atomic E-state index is -4.47. The molecule has 1 N–H and O–H groups in total. The third-order valence-corrected chi connectivity index (χ3v) is 7.83. The van der Waals surface area contributed by atoms with Crippen LogP contribution in [0.15, 0.2) is 53.6 Å². The lowest BCUT2D eigenvalue weighted by Gasteiger charge is -2.14. The lowest BCUT2D eigenvalue weighted by molar-refractivity contribution is -0.165. The predicted octanol–water partition coefficient (Wildman–Crippen LogP) is 4.18. The highest BCUT2D eigenvalue weighted by atomic mass is 32.2. The molecular formula is C27H26F4N6O3S. The van der Waals surface area contributed by atoms with Crippen molar-refractivity contribution in [3.8, 4) is 11.1 Å². The van der Waals surface area contributed by atoms with E-state index in [0.29, 0.717) is 35.7 Å². The van der Waals surface area contributed by atoms with Gasteiger partial charge in [0, 0.05) is 48.6 Å². The fourth-order valence-corrected chi connectivity index (χ4v) is 4.84. The van der Waals surface area contributed by atoms with E-state index in [4.69, 9.17) is 4.52 Å². The lowest BCUT2D eigenvalue weighted by atomic mass is 10.0. The molecule has 1 amide bonds. The van der Waals surface area contributed by atoms with Crippen molar-refractivity contribution in [2.75, 3.05) is 17.3 Å². The van der Waals surface area contributed by atoms with Gasteiger partial charge in [-0.15, -0.1) is 0 Å². The van der Waals surface area contributed by atoms with Gasteiger partial charge in [0.1, 0.15) is 17.1 Å². The van der Waals surface area contributed by atoms with Crippen LogP contribution in [0.3, 0.4) is 0 Å². The first-order valence-electron chi connectivity index (χ1n) is 12.6. The molecule has 3 aromatic heterocycles. The third kappa shape index (κ3) is 6.64. The fraction of sp³-hybridized carbons (Fsp3) is 0.333. The van der Waals surface area contributed by atoms with Crippen molar-refractivity contribution in [2.45, 2.75) is 43.8 Å². The second kappa shape index (κ2) is 10.7. The van der Waals surface area contributed by atoms with E-state index in [1.807, 2.05) is 6.20 Å². The zero-order valence-electron chi connectivity index (χ0n) is 21.9. The van der Waals surface area contributed by atoms with Gasteiger partial charge in [-0.25, -0.2) is 14.4 Å². The molecule has 1 saturated carbocycles. The van der Waals surface area contributed by atoms with Gasteiger partial charge in [0.25, 0.3) is 0 Å². The van der Waals surface area contributed by atoms with Crippen molar-refractivity contribution >= 4 is 27.1 Å². The summed E-state index contributed by atoms with van der Waals surface area (Å²) in [5.74, 6) is 2.80. The number of aryl methyl sites for hydroxylation is 1. The minimum absolute atomic E-state index is 0.0937. The molecule has 0 saturated heterocycles. The number of hydrogen-bond donors (Lipinski definition) is 1. The van der Waals surface area contributed by atoms with Crippen molar-refractivity contribution in [3.05, 3.63) is 77.6 Å². The van der Waals surface area contributed by atoms with Crippen LogP contribution in [-0.2, 0) is 39.1 Å². The van der Waals surface area contributed by atoms with Crippen molar-refractivity contribution < 1.29 is 31.1 Å². The van der Waals surface area contributed by atoms with Gasteiger partial charge < -0.3 is 9.84 Å². The maximum absolute atomic E-state index is 14.8. The van der Waals surface area contributed by atoms with E-state index in [-0.39, 0.29) is 36.4 Å². The van der Waals surface area contributed by atoms with E-state index in [9.17, 15) is 26.6 Å². The monoisotopic (exact) mass is 590 g/mol. The van der Waals surface area contributed by atoms with Crippen molar-refractivity contribution in [2.24, 2.45) is 0 Å². The number of anilines is 1. The summed E-state index contributed by atoms with van der Waals surface area (Å²) < 4.78 is 72.9. The Morgan fingerprint density at radius 3 is 2.54 bits per heavy atom. The largest absolute Gasteiger partial charge is 0.401 e. The lowest BCUT2D eigenvalue weighted by Crippen LogP contribution is -2.28. The Hall–Kier alpha value is -4.07. The van der Waals surface area contributed by atoms with Crippen LogP contribution in [0.4, 0.5) is 23.4 Å². The quantitative estimate of drug-likeness (QED) is 0.218. The van der Waals surface area contributed by atoms with E-state index < -0.39 is 32.8 Å². The molecule has 0 spiro atoms. The molecule has 1 aliphatic carbocycles. The number of nitrogens with one attached hydrogen (secondary N) is 1. The van der Waals surface area contributed by atoms with Gasteiger partial charge in [-0.05, 0) is 51.0 Å². The Kier molecular flexibility index (Phi) is 7.45. The van der Waals surface area contributed by atoms with Gasteiger partial charge >= 0.3 is 6.18 Å². The number of carbonyl (C=O) groups is 1. The number of rotatable bonds is 10. The van der Waals surface area contributed by atoms with E-state index in [2.05, 4.69) is 31.4 Å². The molecule has 0 bridgehead atoms. The van der Waals surface area contributed by atoms with Crippen molar-refractivity contribution in [1.29, 1.82) is 0 Å². The van der Waals surface area contributed by atoms with Gasteiger partial charge in [0.15, 0.2) is 11.6 Å². The zero-order valence-corrected chi connectivity index (χ0v) is 22.8. The molecule has 0 radical (unpaired) electrons. The summed E-state index contributed by atoms with van der Waals surface area (Å²) in [5.41, 5.74) is 0.000798. The topological polar surface area (TPSA) is 116 Å². The van der Waals surface area contributed by atoms with Crippen molar-refractivity contribution in [3.63, 3.8) is 0 Å². The molecule has 4 aromatic rings. The number of nitrogens with zero attached hydrogens (tertiary/aromatic N) is 5. The smallest absolute Gasteiger partial charge is 0.358 e. The predicted molar refractivity (Wildman–Crippen MR) is 144 cm³/mol. The van der Waals surface area contributed by atoms with E-state index in [1.54, 1.807) is 35.6 Å². The van der Waals surface area contributed by atoms with Crippen LogP contribution in [0, 0.1) is 5.82 Å². The second-order valence-electron chi connectivity index (χ2n) is 10.3. The highest BCUT2D eigenvalue weighted by Gasteiger charge is 2.66. The molecule has 41 heavy (non-hydrogen) atoms. The molecule has 1 fully saturated rings. The fourth-order valence-electron chi connectivity index (χ4n) is 4.27. The number of benzene rings is 1. The van der Waals surface area contributed by atoms with Gasteiger partial charge in [-0.1, -0.05) is 17.3 Å². The van der Waals surface area contributed by atoms with Gasteiger partial charge in [0.2, 0.25) is 5.91 Å². The molecule has 216 valence electrons. The van der Waals surface area contributed by atoms with Crippen LogP contribution in [0.25, 0.3) is 11.1 Å². The molecule has 3 heterocycles. The van der Waals surface area contributed by atoms with Gasteiger partial charge in [-0.3, -0.25) is 13.7 Å². The number of carbonyl (C=O) groups excluding carboxylic acids is 1. The average molecular weight is 591 g/mol. The number of hydrogen-bond acceptors (Lipinski definition) is 7. The second-order valence-corrected chi connectivity index (χ2v) is 13.0. The van der Waals surface area contributed by atoms with Gasteiger partial charge in [0.05, 0.1) is 19.2 Å². The third-order valence-electron chi connectivity index (χ3n) is 6.79. The molecule has 14 heteroatoms. The summed E-state index contributed by atoms with van der Waals surface area (Å²) in [7, 11) is -2.10. The normalized spacial score (nSPS) is 15.8. The number of halogens is 4. The Labute approximate surface area is 233 Å². The van der Waals surface area contributed by atoms with Crippen LogP contribution in [-0.4, -0.2) is 59.1 Å². The summed E-state index contributed by atoms with van der Waals surface area (Å²) in [6.07, 6.45) is 3.67. The van der Waals surface area contributed by atoms with Gasteiger partial charge in [-0.2, -0.15) is 18.3 Å². The molecule has 1 unspecified atom stereocenters. The highest BCUT2D eigenvalue weighted by Crippen LogP contribution is 2.59. The maximum atomic E-state index is 14.8. The van der Waals surface area contributed by atoms with Crippen molar-refractivity contribution in [1.82, 2.24) is 24.9 Å². The SMILES string of the molecule is C=S(C)(=O)CCn1cc(Cc2ncc(-c3ccc(CC(=O)Nc4cc(C5(C(F)(F)F)CC5)on4)c(F)c3)cn2)cn1. The van der Waals surface area contributed by atoms with Crippen LogP contribution in [0.1, 0.15) is 35.6 Å². The summed E-state index contributed by atoms with van der Waals surface area (Å²) in [4.78, 5) is 21.1. The Balaban J connectivity index is 1.18. The van der Waals surface area contributed by atoms with Crippen LogP contribution in [0.2, 0.25) is 0 Å². The van der Waals surface area contributed by atoms with Crippen LogP contribution >= 0.6 is 0 Å². The summed E-state index contributed by atoms with van der Waals surface area (Å²) in [5, 5.41) is 10.1. The zero-order chi connectivity index (χ0) is 29.4. The first kappa shape index (κ1) is 28.5. The summed E-state index contributed by atoms with van der Waals surface area (Å²) >= 11 is 0. The minimum Gasteiger partial charge on any atom is -0.358 e. The molecule has 9 nitrogen and oxygen atoms in total. The Bertz CT molecular complexity index is 1680. The van der Waals surface area contributed by atoms with E-state index >= 15 is 0 Å². The van der Waals surface area contributed by atoms with E-state index in [1.165, 1.54) is 12.1 Å². The molecular weight excluding hydrogens is 564 g/mol. The average Bonchev–Trinajstić information content (AvgIpc) is 3.40. The Morgan fingerprint density at radius 1 is 1.17 bits per heavy atom. The van der Waals surface area contributed by atoms with Crippen LogP contribution in [0.5, 0.6) is 0 Å². The van der Waals surface area contributed by atoms with Crippen LogP contribution < -0.4 is 5.32 Å². The molecule has 1 aromatic carbocycles. The maximum Gasteiger partial charge on any atom is 0.401 e. The number of alkyl halides is 3. The number of amides is 1. The number of aromatic nitrogens is 5. The Morgan fingerprint density at radius 2 is 1.90 bits per heavy atom. The highest BCUT2D eigenvalue weighted by molar-refractivity contribution is 7.99. The summed E-state index contributed by atoms with van der Waals surface area (Å²) in [6.45, 7) is 0.492.